The summed E-state index contributed by atoms with van der Waals surface area (Å²) in [5.41, 5.74) is 0. The van der Waals surface area contributed by atoms with E-state index in [-0.39, 0.29) is 6.61 Å². The van der Waals surface area contributed by atoms with E-state index >= 15 is 0 Å². The smallest absolute Gasteiger partial charge is 0.333 e. The van der Waals surface area contributed by atoms with E-state index in [9.17, 15) is 9.59 Å². The Hall–Kier alpha value is -0.850. The van der Waals surface area contributed by atoms with E-state index < -0.39 is 17.3 Å². The lowest BCUT2D eigenvalue weighted by Gasteiger charge is -2.10. The summed E-state index contributed by atoms with van der Waals surface area (Å²) in [5, 5.41) is -1.08. The highest BCUT2D eigenvalue weighted by Crippen LogP contribution is 2.28. The van der Waals surface area contributed by atoms with Crippen LogP contribution in [-0.2, 0) is 14.3 Å². The minimum atomic E-state index is -1.08. The molecule has 4 nitrogen and oxygen atoms in total. The monoisotopic (exact) mass is 410 g/mol. The number of benzene rings is 1. The molecule has 0 aliphatic heterocycles. The normalized spacial score (nSPS) is 11.5. The molecule has 0 radical (unpaired) electrons. The number of alkyl halides is 1. The molecule has 0 saturated carbocycles. The molecule has 1 aromatic rings. The molecule has 7 heteroatoms. The standard InChI is InChI=1S/C12H9Br2ClO4/c1-2-11(16)18-6-9(15)12(17)19-10-4-3-7(13)5-8(10)14/h2-5,9H,1,6H2. The van der Waals surface area contributed by atoms with E-state index in [1.165, 1.54) is 0 Å². The van der Waals surface area contributed by atoms with Crippen molar-refractivity contribution in [3.8, 4) is 5.75 Å². The zero-order valence-corrected chi connectivity index (χ0v) is 13.5. The van der Waals surface area contributed by atoms with Crippen molar-refractivity contribution in [2.24, 2.45) is 0 Å². The van der Waals surface area contributed by atoms with Gasteiger partial charge in [0, 0.05) is 10.5 Å². The van der Waals surface area contributed by atoms with Gasteiger partial charge < -0.3 is 9.47 Å². The van der Waals surface area contributed by atoms with Gasteiger partial charge in [-0.1, -0.05) is 22.5 Å². The van der Waals surface area contributed by atoms with E-state index in [4.69, 9.17) is 16.3 Å². The average molecular weight is 412 g/mol. The maximum atomic E-state index is 11.6. The van der Waals surface area contributed by atoms with Crippen molar-refractivity contribution in [3.05, 3.63) is 39.8 Å². The van der Waals surface area contributed by atoms with Crippen LogP contribution in [-0.4, -0.2) is 23.9 Å². The van der Waals surface area contributed by atoms with Gasteiger partial charge in [0.1, 0.15) is 12.4 Å². The number of carbonyl (C=O) groups is 2. The highest BCUT2D eigenvalue weighted by atomic mass is 79.9. The minimum absolute atomic E-state index is 0.278. The quantitative estimate of drug-likeness (QED) is 0.322. The van der Waals surface area contributed by atoms with E-state index in [2.05, 4.69) is 43.2 Å². The topological polar surface area (TPSA) is 52.6 Å². The summed E-state index contributed by atoms with van der Waals surface area (Å²) >= 11 is 12.3. The molecule has 0 saturated heterocycles. The van der Waals surface area contributed by atoms with E-state index in [0.29, 0.717) is 10.2 Å². The second-order valence-electron chi connectivity index (χ2n) is 3.30. The van der Waals surface area contributed by atoms with Crippen LogP contribution in [0.15, 0.2) is 39.8 Å². The van der Waals surface area contributed by atoms with Crippen molar-refractivity contribution in [1.82, 2.24) is 0 Å². The van der Waals surface area contributed by atoms with Crippen LogP contribution in [0.2, 0.25) is 0 Å². The van der Waals surface area contributed by atoms with Gasteiger partial charge in [-0.3, -0.25) is 0 Å². The summed E-state index contributed by atoms with van der Waals surface area (Å²) < 4.78 is 11.2. The maximum absolute atomic E-state index is 11.6. The third-order valence-electron chi connectivity index (χ3n) is 1.90. The molecule has 0 N–H and O–H groups in total. The Morgan fingerprint density at radius 1 is 1.42 bits per heavy atom. The van der Waals surface area contributed by atoms with Crippen molar-refractivity contribution >= 4 is 55.4 Å². The lowest BCUT2D eigenvalue weighted by Crippen LogP contribution is -2.26. The van der Waals surface area contributed by atoms with Gasteiger partial charge in [0.05, 0.1) is 4.47 Å². The van der Waals surface area contributed by atoms with Gasteiger partial charge in [-0.15, -0.1) is 11.6 Å². The minimum Gasteiger partial charge on any atom is -0.460 e. The highest BCUT2D eigenvalue weighted by molar-refractivity contribution is 9.11. The Kier molecular flexibility index (Phi) is 6.54. The van der Waals surface area contributed by atoms with Gasteiger partial charge in [0.15, 0.2) is 5.38 Å². The molecule has 1 unspecified atom stereocenters. The van der Waals surface area contributed by atoms with Crippen molar-refractivity contribution in [1.29, 1.82) is 0 Å². The fourth-order valence-corrected chi connectivity index (χ4v) is 2.25. The Morgan fingerprint density at radius 3 is 2.68 bits per heavy atom. The first-order valence-corrected chi connectivity index (χ1v) is 7.06. The molecule has 1 aromatic carbocycles. The first-order chi connectivity index (χ1) is 8.93. The van der Waals surface area contributed by atoms with Gasteiger partial charge in [0.25, 0.3) is 0 Å². The largest absolute Gasteiger partial charge is 0.460 e. The van der Waals surface area contributed by atoms with Crippen LogP contribution in [0.25, 0.3) is 0 Å². The summed E-state index contributed by atoms with van der Waals surface area (Å²) in [6, 6.07) is 5.05. The third-order valence-corrected chi connectivity index (χ3v) is 3.32. The maximum Gasteiger partial charge on any atom is 0.333 e. The predicted molar refractivity (Wildman–Crippen MR) is 78.3 cm³/mol. The van der Waals surface area contributed by atoms with Crippen molar-refractivity contribution in [2.75, 3.05) is 6.61 Å². The summed E-state index contributed by atoms with van der Waals surface area (Å²) in [6.45, 7) is 2.95. The van der Waals surface area contributed by atoms with Crippen LogP contribution in [0.3, 0.4) is 0 Å². The highest BCUT2D eigenvalue weighted by Gasteiger charge is 2.20. The molecule has 1 atom stereocenters. The molecule has 0 fully saturated rings. The Labute approximate surface area is 132 Å². The van der Waals surface area contributed by atoms with E-state index in [1.807, 2.05) is 0 Å². The lowest BCUT2D eigenvalue weighted by molar-refractivity contribution is -0.141. The Morgan fingerprint density at radius 2 is 2.11 bits per heavy atom. The Balaban J connectivity index is 2.58. The summed E-state index contributed by atoms with van der Waals surface area (Å²) in [7, 11) is 0. The van der Waals surface area contributed by atoms with Crippen molar-refractivity contribution in [2.45, 2.75) is 5.38 Å². The van der Waals surface area contributed by atoms with Crippen LogP contribution in [0.5, 0.6) is 5.75 Å². The van der Waals surface area contributed by atoms with E-state index in [0.717, 1.165) is 10.5 Å². The fourth-order valence-electron chi connectivity index (χ4n) is 1.01. The van der Waals surface area contributed by atoms with Crippen LogP contribution in [0.4, 0.5) is 0 Å². The number of ether oxygens (including phenoxy) is 2. The van der Waals surface area contributed by atoms with E-state index in [1.54, 1.807) is 18.2 Å². The number of hydrogen-bond donors (Lipinski definition) is 0. The molecule has 0 aliphatic rings. The van der Waals surface area contributed by atoms with Gasteiger partial charge in [-0.05, 0) is 34.1 Å². The molecular formula is C12H9Br2ClO4. The third kappa shape index (κ3) is 5.34. The average Bonchev–Trinajstić information content (AvgIpc) is 2.38. The molecule has 0 bridgehead atoms. The molecule has 0 heterocycles. The SMILES string of the molecule is C=CC(=O)OCC(Cl)C(=O)Oc1ccc(Br)cc1Br. The molecular weight excluding hydrogens is 403 g/mol. The number of carbonyl (C=O) groups excluding carboxylic acids is 2. The number of rotatable bonds is 5. The van der Waals surface area contributed by atoms with Crippen molar-refractivity contribution < 1.29 is 19.1 Å². The molecule has 102 valence electrons. The van der Waals surface area contributed by atoms with Gasteiger partial charge in [-0.25, -0.2) is 9.59 Å². The van der Waals surface area contributed by atoms with Crippen LogP contribution < -0.4 is 4.74 Å². The molecule has 0 amide bonds. The van der Waals surface area contributed by atoms with Crippen LogP contribution in [0.1, 0.15) is 0 Å². The molecule has 19 heavy (non-hydrogen) atoms. The predicted octanol–water partition coefficient (Wildman–Crippen LogP) is 3.45. The zero-order valence-electron chi connectivity index (χ0n) is 9.57. The lowest BCUT2D eigenvalue weighted by atomic mass is 10.3. The Bertz CT molecular complexity index is 505. The first kappa shape index (κ1) is 16.2. The number of halogens is 3. The molecule has 0 aliphatic carbocycles. The van der Waals surface area contributed by atoms with Gasteiger partial charge in [-0.2, -0.15) is 0 Å². The molecule has 0 spiro atoms. The van der Waals surface area contributed by atoms with Crippen LogP contribution in [0, 0.1) is 0 Å². The summed E-state index contributed by atoms with van der Waals surface area (Å²) in [4.78, 5) is 22.5. The second kappa shape index (κ2) is 7.67. The van der Waals surface area contributed by atoms with Crippen LogP contribution >= 0.6 is 43.5 Å². The number of esters is 2. The second-order valence-corrected chi connectivity index (χ2v) is 5.59. The first-order valence-electron chi connectivity index (χ1n) is 5.04. The molecule has 1 rings (SSSR count). The fraction of sp³-hybridized carbons (Fsp3) is 0.167. The molecule has 0 aromatic heterocycles. The van der Waals surface area contributed by atoms with Crippen molar-refractivity contribution in [3.63, 3.8) is 0 Å². The summed E-state index contributed by atoms with van der Waals surface area (Å²) in [6.07, 6.45) is 0.986. The van der Waals surface area contributed by atoms with Gasteiger partial charge in [0.2, 0.25) is 0 Å². The number of hydrogen-bond acceptors (Lipinski definition) is 4. The van der Waals surface area contributed by atoms with Gasteiger partial charge >= 0.3 is 11.9 Å². The summed E-state index contributed by atoms with van der Waals surface area (Å²) in [5.74, 6) is -1.03. The zero-order chi connectivity index (χ0) is 14.4.